The summed E-state index contributed by atoms with van der Waals surface area (Å²) in [7, 11) is 2.25. The monoisotopic (exact) mass is 518 g/mol. The van der Waals surface area contributed by atoms with Gasteiger partial charge in [-0.05, 0) is 40.3 Å². The van der Waals surface area contributed by atoms with Gasteiger partial charge in [0.25, 0.3) is 0 Å². The summed E-state index contributed by atoms with van der Waals surface area (Å²) in [4.78, 5) is 52.4. The van der Waals surface area contributed by atoms with E-state index in [4.69, 9.17) is 14.2 Å². The molecule has 0 N–H and O–H groups in total. The number of ether oxygens (including phenoxy) is 3. The Morgan fingerprint density at radius 1 is 0.900 bits per heavy atom. The van der Waals surface area contributed by atoms with Gasteiger partial charge in [0, 0.05) is 14.7 Å². The molecule has 0 saturated heterocycles. The zero-order valence-corrected chi connectivity index (χ0v) is 18.1. The Morgan fingerprint density at radius 2 is 1.43 bits per heavy atom. The van der Waals surface area contributed by atoms with Gasteiger partial charge in [-0.3, -0.25) is 9.59 Å². The largest absolute Gasteiger partial charge is 0.466 e. The third-order valence-electron chi connectivity index (χ3n) is 5.20. The standard InChI is InChI=1S/C22H15IO7/c1-28-20(26)15-16(21(27)29-2)22(30-17(15)11-7-9-12(23)10-8-11)18(24)13-5-3-4-6-14(13)19(22)25/h3-10,17H,1-2H3/t17-/m1/s1. The molecule has 1 aliphatic heterocycles. The van der Waals surface area contributed by atoms with Gasteiger partial charge in [0.2, 0.25) is 17.2 Å². The Hall–Kier alpha value is -2.85. The summed E-state index contributed by atoms with van der Waals surface area (Å²) in [5, 5.41) is 0. The zero-order chi connectivity index (χ0) is 21.6. The summed E-state index contributed by atoms with van der Waals surface area (Å²) in [5.41, 5.74) is -2.22. The highest BCUT2D eigenvalue weighted by Gasteiger charge is 2.66. The molecular formula is C22H15IO7. The van der Waals surface area contributed by atoms with Crippen molar-refractivity contribution in [2.24, 2.45) is 0 Å². The van der Waals surface area contributed by atoms with E-state index in [2.05, 4.69) is 22.6 Å². The van der Waals surface area contributed by atoms with Crippen LogP contribution in [0.5, 0.6) is 0 Å². The average Bonchev–Trinajstić information content (AvgIpc) is 3.23. The van der Waals surface area contributed by atoms with Gasteiger partial charge >= 0.3 is 11.9 Å². The molecule has 1 spiro atoms. The van der Waals surface area contributed by atoms with E-state index < -0.39 is 40.8 Å². The molecule has 0 amide bonds. The highest BCUT2D eigenvalue weighted by Crippen LogP contribution is 2.51. The first-order chi connectivity index (χ1) is 14.4. The lowest BCUT2D eigenvalue weighted by Gasteiger charge is -2.23. The maximum absolute atomic E-state index is 13.4. The van der Waals surface area contributed by atoms with Crippen molar-refractivity contribution >= 4 is 46.1 Å². The van der Waals surface area contributed by atoms with E-state index >= 15 is 0 Å². The van der Waals surface area contributed by atoms with Crippen molar-refractivity contribution in [3.63, 3.8) is 0 Å². The Bertz CT molecular complexity index is 1100. The number of hydrogen-bond donors (Lipinski definition) is 0. The third-order valence-corrected chi connectivity index (χ3v) is 5.92. The van der Waals surface area contributed by atoms with E-state index in [9.17, 15) is 19.2 Å². The molecule has 2 aliphatic rings. The Labute approximate surface area is 185 Å². The lowest BCUT2D eigenvalue weighted by molar-refractivity contribution is -0.139. The van der Waals surface area contributed by atoms with Crippen LogP contribution in [0.4, 0.5) is 0 Å². The maximum Gasteiger partial charge on any atom is 0.338 e. The van der Waals surface area contributed by atoms with Crippen molar-refractivity contribution in [3.8, 4) is 0 Å². The summed E-state index contributed by atoms with van der Waals surface area (Å²) in [6.07, 6.45) is -1.16. The molecular weight excluding hydrogens is 503 g/mol. The van der Waals surface area contributed by atoms with Crippen LogP contribution < -0.4 is 0 Å². The second-order valence-corrected chi connectivity index (χ2v) is 7.95. The van der Waals surface area contributed by atoms with Crippen molar-refractivity contribution in [1.29, 1.82) is 0 Å². The fourth-order valence-corrected chi connectivity index (χ4v) is 4.22. The molecule has 4 rings (SSSR count). The molecule has 2 aromatic carbocycles. The van der Waals surface area contributed by atoms with Crippen LogP contribution in [0.2, 0.25) is 0 Å². The van der Waals surface area contributed by atoms with Crippen LogP contribution in [-0.2, 0) is 23.8 Å². The Balaban J connectivity index is 2.01. The van der Waals surface area contributed by atoms with E-state index in [1.807, 2.05) is 0 Å². The summed E-state index contributed by atoms with van der Waals surface area (Å²) in [6, 6.07) is 13.1. The van der Waals surface area contributed by atoms with Gasteiger partial charge in [-0.1, -0.05) is 36.4 Å². The molecule has 1 aliphatic carbocycles. The van der Waals surface area contributed by atoms with Crippen molar-refractivity contribution in [2.45, 2.75) is 11.7 Å². The van der Waals surface area contributed by atoms with E-state index in [0.717, 1.165) is 17.8 Å². The minimum absolute atomic E-state index is 0.122. The number of carbonyl (C=O) groups is 4. The topological polar surface area (TPSA) is 96.0 Å². The van der Waals surface area contributed by atoms with Crippen LogP contribution in [-0.4, -0.2) is 43.3 Å². The maximum atomic E-state index is 13.4. The van der Waals surface area contributed by atoms with Gasteiger partial charge in [0.05, 0.1) is 25.4 Å². The third kappa shape index (κ3) is 2.74. The SMILES string of the molecule is COC(=O)C1=C(C(=O)OC)C2(O[C@@H]1c1ccc(I)cc1)C(=O)c1ccccc1C2=O. The second-order valence-electron chi connectivity index (χ2n) is 6.71. The van der Waals surface area contributed by atoms with E-state index in [-0.39, 0.29) is 16.7 Å². The number of halogens is 1. The van der Waals surface area contributed by atoms with Crippen LogP contribution in [0.15, 0.2) is 59.7 Å². The summed E-state index contributed by atoms with van der Waals surface area (Å²) < 4.78 is 16.7. The van der Waals surface area contributed by atoms with Crippen LogP contribution in [0.1, 0.15) is 32.4 Å². The fraction of sp³-hybridized carbons (Fsp3) is 0.182. The van der Waals surface area contributed by atoms with Gasteiger partial charge in [0.15, 0.2) is 0 Å². The molecule has 1 heterocycles. The quantitative estimate of drug-likeness (QED) is 0.351. The minimum Gasteiger partial charge on any atom is -0.466 e. The molecule has 30 heavy (non-hydrogen) atoms. The van der Waals surface area contributed by atoms with Crippen molar-refractivity contribution in [3.05, 3.63) is 79.9 Å². The smallest absolute Gasteiger partial charge is 0.338 e. The van der Waals surface area contributed by atoms with Gasteiger partial charge in [0.1, 0.15) is 6.10 Å². The number of benzene rings is 2. The first-order valence-electron chi connectivity index (χ1n) is 8.90. The molecule has 7 nitrogen and oxygen atoms in total. The predicted octanol–water partition coefficient (Wildman–Crippen LogP) is 2.82. The summed E-state index contributed by atoms with van der Waals surface area (Å²) >= 11 is 2.12. The van der Waals surface area contributed by atoms with Crippen LogP contribution in [0, 0.1) is 3.57 Å². The molecule has 0 aromatic heterocycles. The number of esters is 2. The predicted molar refractivity (Wildman–Crippen MR) is 112 cm³/mol. The first-order valence-corrected chi connectivity index (χ1v) is 9.97. The molecule has 0 unspecified atom stereocenters. The average molecular weight is 518 g/mol. The number of Topliss-reactive ketones (excluding diaryl/α,β-unsaturated/α-hetero) is 2. The Kier molecular flexibility index (Phi) is 5.07. The zero-order valence-electron chi connectivity index (χ0n) is 15.9. The van der Waals surface area contributed by atoms with E-state index in [1.165, 1.54) is 12.1 Å². The second kappa shape index (κ2) is 7.44. The minimum atomic E-state index is -2.30. The first kappa shape index (κ1) is 20.4. The molecule has 0 radical (unpaired) electrons. The Morgan fingerprint density at radius 3 is 1.93 bits per heavy atom. The lowest BCUT2D eigenvalue weighted by atomic mass is 9.86. The van der Waals surface area contributed by atoms with Gasteiger partial charge < -0.3 is 14.2 Å². The van der Waals surface area contributed by atoms with E-state index in [0.29, 0.717) is 5.56 Å². The van der Waals surface area contributed by atoms with Crippen LogP contribution in [0.3, 0.4) is 0 Å². The van der Waals surface area contributed by atoms with E-state index in [1.54, 1.807) is 36.4 Å². The van der Waals surface area contributed by atoms with Crippen LogP contribution in [0.25, 0.3) is 0 Å². The van der Waals surface area contributed by atoms with Gasteiger partial charge in [-0.2, -0.15) is 0 Å². The molecule has 0 fully saturated rings. The fourth-order valence-electron chi connectivity index (χ4n) is 3.86. The highest BCUT2D eigenvalue weighted by atomic mass is 127. The number of carbonyl (C=O) groups excluding carboxylic acids is 4. The number of hydrogen-bond acceptors (Lipinski definition) is 7. The lowest BCUT2D eigenvalue weighted by Crippen LogP contribution is -2.46. The van der Waals surface area contributed by atoms with Crippen molar-refractivity contribution < 1.29 is 33.4 Å². The van der Waals surface area contributed by atoms with Crippen molar-refractivity contribution in [1.82, 2.24) is 0 Å². The number of methoxy groups -OCH3 is 2. The number of ketones is 2. The molecule has 2 aromatic rings. The van der Waals surface area contributed by atoms with Gasteiger partial charge in [-0.15, -0.1) is 0 Å². The van der Waals surface area contributed by atoms with Crippen molar-refractivity contribution in [2.75, 3.05) is 14.2 Å². The molecule has 152 valence electrons. The molecule has 8 heteroatoms. The summed E-state index contributed by atoms with van der Waals surface area (Å²) in [6.45, 7) is 0. The number of rotatable bonds is 3. The van der Waals surface area contributed by atoms with Crippen LogP contribution >= 0.6 is 22.6 Å². The molecule has 0 bridgehead atoms. The molecule has 1 atom stereocenters. The number of fused-ring (bicyclic) bond motifs is 1. The normalized spacial score (nSPS) is 19.2. The molecule has 0 saturated carbocycles. The summed E-state index contributed by atoms with van der Waals surface area (Å²) in [5.74, 6) is -3.30. The van der Waals surface area contributed by atoms with Gasteiger partial charge in [-0.25, -0.2) is 9.59 Å². The highest BCUT2D eigenvalue weighted by molar-refractivity contribution is 14.1.